The van der Waals surface area contributed by atoms with Gasteiger partial charge in [-0.3, -0.25) is 45.3 Å². The normalized spacial score (nSPS) is 14.6. The third-order valence-corrected chi connectivity index (χ3v) is 6.53. The van der Waals surface area contributed by atoms with Gasteiger partial charge in [-0.2, -0.15) is 0 Å². The van der Waals surface area contributed by atoms with Gasteiger partial charge in [0.05, 0.1) is 18.4 Å². The Hall–Kier alpha value is -4.51. The molecular weight excluding hydrogens is 568 g/mol. The number of hydrogen-bond donors (Lipinski definition) is 3. The van der Waals surface area contributed by atoms with E-state index in [2.05, 4.69) is 32.2 Å². The van der Waals surface area contributed by atoms with Gasteiger partial charge in [-0.25, -0.2) is 0 Å². The maximum absolute atomic E-state index is 13.3. The Morgan fingerprint density at radius 3 is 2.05 bits per heavy atom. The predicted molar refractivity (Wildman–Crippen MR) is 143 cm³/mol. The summed E-state index contributed by atoms with van der Waals surface area (Å²) in [4.78, 5) is 62.4. The van der Waals surface area contributed by atoms with Gasteiger partial charge in [-0.1, -0.05) is 76.6 Å². The second-order valence-electron chi connectivity index (χ2n) is 8.75. The predicted octanol–water partition coefficient (Wildman–Crippen LogP) is 2.47. The average Bonchev–Trinajstić information content (AvgIpc) is 3.31. The molecule has 0 bridgehead atoms. The monoisotopic (exact) mass is 592 g/mol. The first kappa shape index (κ1) is 27.5. The Morgan fingerprint density at radius 2 is 1.46 bits per heavy atom. The summed E-state index contributed by atoms with van der Waals surface area (Å²) < 4.78 is 5.83. The number of halogens is 1. The fourth-order valence-electron chi connectivity index (χ4n) is 4.05. The van der Waals surface area contributed by atoms with Crippen LogP contribution in [-0.4, -0.2) is 47.8 Å². The average molecular weight is 593 g/mol. The van der Waals surface area contributed by atoms with E-state index in [4.69, 9.17) is 4.74 Å². The smallest absolute Gasteiger partial charge is 0.311 e. The van der Waals surface area contributed by atoms with E-state index in [9.17, 15) is 24.0 Å². The topological polar surface area (TPSA) is 134 Å². The van der Waals surface area contributed by atoms with Crippen molar-refractivity contribution in [3.8, 4) is 0 Å². The van der Waals surface area contributed by atoms with Crippen molar-refractivity contribution in [2.75, 3.05) is 13.2 Å². The Balaban J connectivity index is 1.28. The van der Waals surface area contributed by atoms with E-state index in [0.717, 1.165) is 20.6 Å². The number of hydrazine groups is 2. The van der Waals surface area contributed by atoms with E-state index in [-0.39, 0.29) is 13.0 Å². The van der Waals surface area contributed by atoms with Crippen LogP contribution in [0.4, 0.5) is 0 Å². The molecule has 10 nitrogen and oxygen atoms in total. The second kappa shape index (κ2) is 12.8. The van der Waals surface area contributed by atoms with Crippen molar-refractivity contribution in [3.05, 3.63) is 106 Å². The molecule has 0 aliphatic carbocycles. The maximum Gasteiger partial charge on any atom is 0.311 e. The number of esters is 1. The quantitative estimate of drug-likeness (QED) is 0.272. The fraction of sp³-hybridized carbons (Fsp3) is 0.179. The number of ether oxygens (including phenoxy) is 1. The van der Waals surface area contributed by atoms with Crippen molar-refractivity contribution in [2.45, 2.75) is 12.3 Å². The van der Waals surface area contributed by atoms with E-state index in [1.54, 1.807) is 24.3 Å². The number of nitrogens with zero attached hydrogens (tertiary/aromatic N) is 1. The summed E-state index contributed by atoms with van der Waals surface area (Å²) in [5.41, 5.74) is 8.86. The standard InChI is InChI=1S/C28H25BrN4O6/c29-22-13-11-20(12-14-22)26(36)31-30-23(34)17-39-28(38)21-15-24(35)33(16-21)32-27(37)25(18-7-3-1-4-8-18)19-9-5-2-6-10-19/h1-14,21,25H,15-17H2,(H,30,34)(H,31,36)(H,32,37)/t21-/m1/s1. The molecule has 1 atom stereocenters. The molecule has 3 N–H and O–H groups in total. The third-order valence-electron chi connectivity index (χ3n) is 6.00. The summed E-state index contributed by atoms with van der Waals surface area (Å²) in [6.45, 7) is -0.748. The summed E-state index contributed by atoms with van der Waals surface area (Å²) in [7, 11) is 0. The Morgan fingerprint density at radius 1 is 0.872 bits per heavy atom. The molecular formula is C28H25BrN4O6. The molecule has 4 amide bonds. The van der Waals surface area contributed by atoms with Gasteiger partial charge < -0.3 is 4.74 Å². The summed E-state index contributed by atoms with van der Waals surface area (Å²) in [5.74, 6) is -4.46. The number of benzene rings is 3. The van der Waals surface area contributed by atoms with Crippen molar-refractivity contribution >= 4 is 45.5 Å². The molecule has 39 heavy (non-hydrogen) atoms. The molecule has 0 spiro atoms. The van der Waals surface area contributed by atoms with Gasteiger partial charge >= 0.3 is 5.97 Å². The minimum Gasteiger partial charge on any atom is -0.455 e. The molecule has 11 heteroatoms. The molecule has 4 rings (SSSR count). The minimum atomic E-state index is -0.866. The first-order valence-electron chi connectivity index (χ1n) is 12.0. The molecule has 3 aromatic rings. The lowest BCUT2D eigenvalue weighted by atomic mass is 9.91. The van der Waals surface area contributed by atoms with E-state index < -0.39 is 48.0 Å². The van der Waals surface area contributed by atoms with Gasteiger partial charge in [-0.15, -0.1) is 0 Å². The zero-order valence-corrected chi connectivity index (χ0v) is 22.2. The van der Waals surface area contributed by atoms with Gasteiger partial charge in [0.1, 0.15) is 0 Å². The molecule has 0 unspecified atom stereocenters. The van der Waals surface area contributed by atoms with Crippen LogP contribution < -0.4 is 16.3 Å². The number of carbonyl (C=O) groups excluding carboxylic acids is 5. The highest BCUT2D eigenvalue weighted by Gasteiger charge is 2.37. The van der Waals surface area contributed by atoms with Gasteiger partial charge in [0, 0.05) is 16.5 Å². The maximum atomic E-state index is 13.3. The summed E-state index contributed by atoms with van der Waals surface area (Å²) in [5, 5.41) is 1.10. The van der Waals surface area contributed by atoms with Crippen LogP contribution in [0.2, 0.25) is 0 Å². The van der Waals surface area contributed by atoms with Gasteiger partial charge in [0.2, 0.25) is 5.91 Å². The Kier molecular flexibility index (Phi) is 9.06. The molecule has 3 aromatic carbocycles. The van der Waals surface area contributed by atoms with Crippen LogP contribution in [0.1, 0.15) is 33.8 Å². The van der Waals surface area contributed by atoms with E-state index in [1.807, 2.05) is 60.7 Å². The highest BCUT2D eigenvalue weighted by atomic mass is 79.9. The molecule has 1 aliphatic rings. The Labute approximate surface area is 232 Å². The molecule has 1 heterocycles. The second-order valence-corrected chi connectivity index (χ2v) is 9.67. The van der Waals surface area contributed by atoms with Crippen LogP contribution in [0.5, 0.6) is 0 Å². The molecule has 1 fully saturated rings. The Bertz CT molecular complexity index is 1310. The summed E-state index contributed by atoms with van der Waals surface area (Å²) in [6.07, 6.45) is -0.178. The van der Waals surface area contributed by atoms with E-state index in [0.29, 0.717) is 5.56 Å². The minimum absolute atomic E-state index is 0.0956. The first-order valence-corrected chi connectivity index (χ1v) is 12.8. The number of carbonyl (C=O) groups is 5. The number of rotatable bonds is 8. The van der Waals surface area contributed by atoms with Gasteiger partial charge in [0.15, 0.2) is 6.61 Å². The number of hydrogen-bond acceptors (Lipinski definition) is 6. The van der Waals surface area contributed by atoms with Gasteiger partial charge in [0.25, 0.3) is 17.7 Å². The lowest BCUT2D eigenvalue weighted by Gasteiger charge is -2.23. The third kappa shape index (κ3) is 7.29. The van der Waals surface area contributed by atoms with Gasteiger partial charge in [-0.05, 0) is 35.4 Å². The van der Waals surface area contributed by atoms with Crippen LogP contribution in [0.15, 0.2) is 89.4 Å². The van der Waals surface area contributed by atoms with Crippen molar-refractivity contribution in [1.82, 2.24) is 21.3 Å². The zero-order chi connectivity index (χ0) is 27.8. The molecule has 0 aromatic heterocycles. The highest BCUT2D eigenvalue weighted by Crippen LogP contribution is 2.26. The number of nitrogens with one attached hydrogen (secondary N) is 3. The lowest BCUT2D eigenvalue weighted by molar-refractivity contribution is -0.152. The molecule has 0 saturated carbocycles. The van der Waals surface area contributed by atoms with E-state index in [1.165, 1.54) is 0 Å². The summed E-state index contributed by atoms with van der Waals surface area (Å²) in [6, 6.07) is 24.8. The zero-order valence-electron chi connectivity index (χ0n) is 20.6. The molecule has 1 aliphatic heterocycles. The van der Waals surface area contributed by atoms with Crippen molar-refractivity contribution in [1.29, 1.82) is 0 Å². The highest BCUT2D eigenvalue weighted by molar-refractivity contribution is 9.10. The summed E-state index contributed by atoms with van der Waals surface area (Å²) >= 11 is 3.27. The largest absolute Gasteiger partial charge is 0.455 e. The van der Waals surface area contributed by atoms with Crippen LogP contribution in [0, 0.1) is 5.92 Å². The van der Waals surface area contributed by atoms with Crippen molar-refractivity contribution in [2.24, 2.45) is 5.92 Å². The molecule has 0 radical (unpaired) electrons. The lowest BCUT2D eigenvalue weighted by Crippen LogP contribution is -2.46. The van der Waals surface area contributed by atoms with Crippen LogP contribution in [0.3, 0.4) is 0 Å². The van der Waals surface area contributed by atoms with Crippen LogP contribution >= 0.6 is 15.9 Å². The van der Waals surface area contributed by atoms with Crippen LogP contribution in [-0.2, 0) is 23.9 Å². The van der Waals surface area contributed by atoms with E-state index >= 15 is 0 Å². The molecule has 200 valence electrons. The number of amides is 4. The van der Waals surface area contributed by atoms with Crippen molar-refractivity contribution in [3.63, 3.8) is 0 Å². The van der Waals surface area contributed by atoms with Crippen LogP contribution in [0.25, 0.3) is 0 Å². The molecule has 1 saturated heterocycles. The SMILES string of the molecule is O=C(COC(=O)[C@@H]1CC(=O)N(NC(=O)C(c2ccccc2)c2ccccc2)C1)NNC(=O)c1ccc(Br)cc1. The fourth-order valence-corrected chi connectivity index (χ4v) is 4.31. The first-order chi connectivity index (χ1) is 18.8. The van der Waals surface area contributed by atoms with Crippen molar-refractivity contribution < 1.29 is 28.7 Å².